The molecule has 1 aromatic rings. The maximum Gasteiger partial charge on any atom is 0.233 e. The van der Waals surface area contributed by atoms with Gasteiger partial charge in [-0.2, -0.15) is 0 Å². The van der Waals surface area contributed by atoms with E-state index >= 15 is 0 Å². The van der Waals surface area contributed by atoms with Crippen molar-refractivity contribution in [1.29, 1.82) is 0 Å². The Morgan fingerprint density at radius 3 is 2.91 bits per heavy atom. The molecule has 1 saturated heterocycles. The molecule has 1 unspecified atom stereocenters. The monoisotopic (exact) mass is 326 g/mol. The van der Waals surface area contributed by atoms with Crippen LogP contribution in [0.3, 0.4) is 0 Å². The number of nitrogens with one attached hydrogen (secondary N) is 2. The molecule has 7 heteroatoms. The van der Waals surface area contributed by atoms with Crippen molar-refractivity contribution in [1.82, 2.24) is 10.6 Å². The zero-order valence-corrected chi connectivity index (χ0v) is 13.5. The Kier molecular flexibility index (Phi) is 5.79. The van der Waals surface area contributed by atoms with Gasteiger partial charge in [0.1, 0.15) is 5.75 Å². The van der Waals surface area contributed by atoms with Gasteiger partial charge in [-0.1, -0.05) is 12.1 Å². The number of sulfone groups is 1. The van der Waals surface area contributed by atoms with Gasteiger partial charge in [0.2, 0.25) is 5.91 Å². The molecular formula is C15H22N2O4S. The fourth-order valence-corrected chi connectivity index (χ4v) is 4.14. The molecule has 0 spiro atoms. The average Bonchev–Trinajstić information content (AvgIpc) is 2.85. The number of carbonyl (C=O) groups is 1. The van der Waals surface area contributed by atoms with Crippen LogP contribution in [0.15, 0.2) is 24.3 Å². The molecule has 1 amide bonds. The molecule has 122 valence electrons. The Bertz CT molecular complexity index is 616. The van der Waals surface area contributed by atoms with Gasteiger partial charge < -0.3 is 15.4 Å². The van der Waals surface area contributed by atoms with Crippen molar-refractivity contribution in [3.05, 3.63) is 29.8 Å². The average molecular weight is 326 g/mol. The summed E-state index contributed by atoms with van der Waals surface area (Å²) in [6, 6.07) is 7.61. The van der Waals surface area contributed by atoms with Crippen LogP contribution in [0.25, 0.3) is 0 Å². The van der Waals surface area contributed by atoms with E-state index in [0.29, 0.717) is 13.0 Å². The molecule has 0 radical (unpaired) electrons. The smallest absolute Gasteiger partial charge is 0.233 e. The Balaban J connectivity index is 1.65. The molecule has 2 N–H and O–H groups in total. The van der Waals surface area contributed by atoms with Crippen LogP contribution in [0, 0.1) is 0 Å². The van der Waals surface area contributed by atoms with Gasteiger partial charge in [-0.3, -0.25) is 4.79 Å². The first kappa shape index (κ1) is 16.8. The Hall–Kier alpha value is -1.60. The van der Waals surface area contributed by atoms with Gasteiger partial charge in [-0.05, 0) is 30.5 Å². The zero-order valence-electron chi connectivity index (χ0n) is 12.7. The van der Waals surface area contributed by atoms with E-state index in [1.807, 2.05) is 24.3 Å². The van der Waals surface area contributed by atoms with Crippen LogP contribution < -0.4 is 15.4 Å². The summed E-state index contributed by atoms with van der Waals surface area (Å²) in [6.07, 6.45) is 1.31. The van der Waals surface area contributed by atoms with Crippen molar-refractivity contribution in [2.24, 2.45) is 0 Å². The molecule has 6 nitrogen and oxygen atoms in total. The predicted molar refractivity (Wildman–Crippen MR) is 84.8 cm³/mol. The van der Waals surface area contributed by atoms with Crippen LogP contribution in [0.5, 0.6) is 5.75 Å². The summed E-state index contributed by atoms with van der Waals surface area (Å²) in [5.74, 6) is 1.02. The van der Waals surface area contributed by atoms with Crippen LogP contribution in [-0.4, -0.2) is 52.1 Å². The van der Waals surface area contributed by atoms with E-state index in [1.165, 1.54) is 0 Å². The number of methoxy groups -OCH3 is 1. The molecule has 1 fully saturated rings. The van der Waals surface area contributed by atoms with Gasteiger partial charge in [-0.25, -0.2) is 8.42 Å². The highest BCUT2D eigenvalue weighted by Gasteiger charge is 2.27. The lowest BCUT2D eigenvalue weighted by molar-refractivity contribution is -0.120. The Labute approximate surface area is 131 Å². The van der Waals surface area contributed by atoms with E-state index in [4.69, 9.17) is 4.74 Å². The lowest BCUT2D eigenvalue weighted by Crippen LogP contribution is -2.40. The summed E-state index contributed by atoms with van der Waals surface area (Å²) in [7, 11) is -1.29. The van der Waals surface area contributed by atoms with Gasteiger partial charge in [0.05, 0.1) is 25.2 Å². The molecule has 1 aliphatic heterocycles. The van der Waals surface area contributed by atoms with Crippen LogP contribution in [0.2, 0.25) is 0 Å². The second kappa shape index (κ2) is 7.60. The molecular weight excluding hydrogens is 304 g/mol. The largest absolute Gasteiger partial charge is 0.497 e. The fourth-order valence-electron chi connectivity index (χ4n) is 2.43. The minimum atomic E-state index is -2.91. The highest BCUT2D eigenvalue weighted by Crippen LogP contribution is 2.12. The van der Waals surface area contributed by atoms with Gasteiger partial charge in [-0.15, -0.1) is 0 Å². The third-order valence-electron chi connectivity index (χ3n) is 3.65. The number of hydrogen-bond donors (Lipinski definition) is 2. The predicted octanol–water partition coefficient (Wildman–Crippen LogP) is 0.131. The first-order valence-corrected chi connectivity index (χ1v) is 9.14. The van der Waals surface area contributed by atoms with Crippen molar-refractivity contribution in [3.63, 3.8) is 0 Å². The number of ether oxygens (including phenoxy) is 1. The summed E-state index contributed by atoms with van der Waals surface area (Å²) in [5, 5.41) is 5.81. The number of amides is 1. The van der Waals surface area contributed by atoms with Crippen molar-refractivity contribution in [2.45, 2.75) is 18.9 Å². The summed E-state index contributed by atoms with van der Waals surface area (Å²) in [6.45, 7) is 0.689. The fraction of sp³-hybridized carbons (Fsp3) is 0.533. The second-order valence-corrected chi connectivity index (χ2v) is 7.66. The molecule has 22 heavy (non-hydrogen) atoms. The standard InChI is InChI=1S/C15H22N2O4S/c1-21-14-4-2-3-12(9-14)5-7-16-15(18)10-17-13-6-8-22(19,20)11-13/h2-4,9,13,17H,5-8,10-11H2,1H3,(H,16,18). The van der Waals surface area contributed by atoms with E-state index in [0.717, 1.165) is 17.7 Å². The van der Waals surface area contributed by atoms with E-state index in [9.17, 15) is 13.2 Å². The quantitative estimate of drug-likeness (QED) is 0.744. The number of carbonyl (C=O) groups excluding carboxylic acids is 1. The molecule has 1 heterocycles. The summed E-state index contributed by atoms with van der Waals surface area (Å²) in [4.78, 5) is 11.7. The number of hydrogen-bond acceptors (Lipinski definition) is 5. The lowest BCUT2D eigenvalue weighted by Gasteiger charge is -2.11. The van der Waals surface area contributed by atoms with Crippen molar-refractivity contribution in [2.75, 3.05) is 31.7 Å². The van der Waals surface area contributed by atoms with Gasteiger partial charge in [0.15, 0.2) is 9.84 Å². The number of benzene rings is 1. The Morgan fingerprint density at radius 1 is 1.41 bits per heavy atom. The highest BCUT2D eigenvalue weighted by molar-refractivity contribution is 7.91. The zero-order chi connectivity index (χ0) is 16.0. The SMILES string of the molecule is COc1cccc(CCNC(=O)CNC2CCS(=O)(=O)C2)c1. The third kappa shape index (κ3) is 5.31. The van der Waals surface area contributed by atoms with Gasteiger partial charge in [0, 0.05) is 12.6 Å². The van der Waals surface area contributed by atoms with E-state index in [-0.39, 0.29) is 30.0 Å². The van der Waals surface area contributed by atoms with Gasteiger partial charge >= 0.3 is 0 Å². The molecule has 0 aliphatic carbocycles. The molecule has 0 bridgehead atoms. The molecule has 0 aromatic heterocycles. The van der Waals surface area contributed by atoms with Crippen molar-refractivity contribution < 1.29 is 17.9 Å². The first-order chi connectivity index (χ1) is 10.5. The minimum absolute atomic E-state index is 0.103. The van der Waals surface area contributed by atoms with Crippen LogP contribution in [0.4, 0.5) is 0 Å². The van der Waals surface area contributed by atoms with E-state index in [1.54, 1.807) is 7.11 Å². The topological polar surface area (TPSA) is 84.5 Å². The molecule has 1 aliphatic rings. The molecule has 0 saturated carbocycles. The summed E-state index contributed by atoms with van der Waals surface area (Å²) in [5.41, 5.74) is 1.09. The molecule has 1 aromatic carbocycles. The molecule has 2 rings (SSSR count). The minimum Gasteiger partial charge on any atom is -0.497 e. The summed E-state index contributed by atoms with van der Waals surface area (Å²) < 4.78 is 27.8. The van der Waals surface area contributed by atoms with E-state index < -0.39 is 9.84 Å². The third-order valence-corrected chi connectivity index (χ3v) is 5.42. The number of rotatable bonds is 7. The Morgan fingerprint density at radius 2 is 2.23 bits per heavy atom. The van der Waals surface area contributed by atoms with Crippen LogP contribution in [0.1, 0.15) is 12.0 Å². The summed E-state index contributed by atoms with van der Waals surface area (Å²) >= 11 is 0. The molecule has 1 atom stereocenters. The second-order valence-electron chi connectivity index (χ2n) is 5.43. The van der Waals surface area contributed by atoms with Gasteiger partial charge in [0.25, 0.3) is 0 Å². The van der Waals surface area contributed by atoms with Crippen molar-refractivity contribution in [3.8, 4) is 5.75 Å². The highest BCUT2D eigenvalue weighted by atomic mass is 32.2. The maximum atomic E-state index is 11.7. The van der Waals surface area contributed by atoms with Crippen molar-refractivity contribution >= 4 is 15.7 Å². The maximum absolute atomic E-state index is 11.7. The van der Waals surface area contributed by atoms with E-state index in [2.05, 4.69) is 10.6 Å². The van der Waals surface area contributed by atoms with Crippen LogP contribution in [-0.2, 0) is 21.1 Å². The van der Waals surface area contributed by atoms with Crippen LogP contribution >= 0.6 is 0 Å². The first-order valence-electron chi connectivity index (χ1n) is 7.32. The lowest BCUT2D eigenvalue weighted by atomic mass is 10.1. The normalized spacial score (nSPS) is 19.8.